The molecule has 0 bridgehead atoms. The van der Waals surface area contributed by atoms with Crippen molar-refractivity contribution in [3.8, 4) is 0 Å². The molecule has 1 aliphatic carbocycles. The second-order valence-corrected chi connectivity index (χ2v) is 10.1. The molecule has 0 aliphatic heterocycles. The number of carboxylic acid groups (broad SMARTS) is 1. The fraction of sp³-hybridized carbons (Fsp3) is 0.522. The molecular formula is C23H32N2O5S. The molecule has 0 saturated heterocycles. The highest BCUT2D eigenvalue weighted by molar-refractivity contribution is 7.92. The molecule has 1 atom stereocenters. The average molecular weight is 449 g/mol. The second kappa shape index (κ2) is 9.87. The summed E-state index contributed by atoms with van der Waals surface area (Å²) in [6.45, 7) is 5.59. The number of furan rings is 1. The van der Waals surface area contributed by atoms with Crippen LogP contribution in [0.4, 0.5) is 5.69 Å². The van der Waals surface area contributed by atoms with E-state index in [2.05, 4.69) is 17.0 Å². The number of aryl methyl sites for hydroxylation is 1. The molecule has 1 heterocycles. The lowest BCUT2D eigenvalue weighted by atomic mass is 9.85. The third kappa shape index (κ3) is 5.68. The number of para-hydroxylation sites is 1. The lowest BCUT2D eigenvalue weighted by molar-refractivity contribution is 0.0694. The number of hydrogen-bond donors (Lipinski definition) is 3. The van der Waals surface area contributed by atoms with Gasteiger partial charge in [0.25, 0.3) is 10.0 Å². The maximum Gasteiger partial charge on any atom is 0.339 e. The normalized spacial score (nSPS) is 16.2. The van der Waals surface area contributed by atoms with Crippen molar-refractivity contribution >= 4 is 21.7 Å². The van der Waals surface area contributed by atoms with Crippen molar-refractivity contribution < 1.29 is 22.7 Å². The van der Waals surface area contributed by atoms with E-state index in [1.807, 2.05) is 12.1 Å². The lowest BCUT2D eigenvalue weighted by Gasteiger charge is -2.25. The van der Waals surface area contributed by atoms with Gasteiger partial charge in [-0.25, -0.2) is 4.79 Å². The first kappa shape index (κ1) is 23.3. The van der Waals surface area contributed by atoms with Crippen molar-refractivity contribution in [2.75, 3.05) is 4.72 Å². The molecule has 31 heavy (non-hydrogen) atoms. The van der Waals surface area contributed by atoms with E-state index in [1.54, 1.807) is 12.1 Å². The minimum absolute atomic E-state index is 0.0665. The van der Waals surface area contributed by atoms with Gasteiger partial charge in [-0.15, -0.1) is 0 Å². The summed E-state index contributed by atoms with van der Waals surface area (Å²) >= 11 is 0. The molecule has 1 aromatic heterocycles. The van der Waals surface area contributed by atoms with E-state index >= 15 is 0 Å². The Hall–Kier alpha value is -2.32. The number of hydrogen-bond acceptors (Lipinski definition) is 5. The highest BCUT2D eigenvalue weighted by Gasteiger charge is 2.29. The molecule has 0 radical (unpaired) electrons. The van der Waals surface area contributed by atoms with Gasteiger partial charge in [0.1, 0.15) is 11.3 Å². The number of carboxylic acids is 1. The Labute approximate surface area is 184 Å². The second-order valence-electron chi connectivity index (χ2n) is 8.54. The fourth-order valence-corrected chi connectivity index (χ4v) is 5.78. The van der Waals surface area contributed by atoms with Crippen LogP contribution in [-0.2, 0) is 16.6 Å². The number of anilines is 1. The van der Waals surface area contributed by atoms with Crippen LogP contribution in [0.1, 0.15) is 72.7 Å². The summed E-state index contributed by atoms with van der Waals surface area (Å²) < 4.78 is 33.8. The smallest absolute Gasteiger partial charge is 0.339 e. The van der Waals surface area contributed by atoms with Gasteiger partial charge < -0.3 is 14.8 Å². The molecule has 8 heteroatoms. The van der Waals surface area contributed by atoms with E-state index in [0.29, 0.717) is 18.3 Å². The number of aromatic carboxylic acids is 1. The first-order valence-corrected chi connectivity index (χ1v) is 12.3. The predicted octanol–water partition coefficient (Wildman–Crippen LogP) is 4.84. The Morgan fingerprint density at radius 3 is 2.52 bits per heavy atom. The van der Waals surface area contributed by atoms with Gasteiger partial charge >= 0.3 is 5.97 Å². The van der Waals surface area contributed by atoms with E-state index in [4.69, 9.17) is 4.42 Å². The van der Waals surface area contributed by atoms with Crippen LogP contribution in [0.25, 0.3) is 0 Å². The topological polar surface area (TPSA) is 109 Å². The zero-order valence-electron chi connectivity index (χ0n) is 18.4. The molecule has 1 fully saturated rings. The number of benzene rings is 1. The van der Waals surface area contributed by atoms with Crippen molar-refractivity contribution in [3.63, 3.8) is 0 Å². The molecule has 1 aliphatic rings. The van der Waals surface area contributed by atoms with Gasteiger partial charge in [0.05, 0.1) is 5.69 Å². The third-order valence-electron chi connectivity index (χ3n) is 6.05. The highest BCUT2D eigenvalue weighted by Crippen LogP contribution is 2.29. The molecule has 1 aromatic carbocycles. The Morgan fingerprint density at radius 2 is 1.87 bits per heavy atom. The minimum atomic E-state index is -4.07. The largest absolute Gasteiger partial charge is 0.478 e. The van der Waals surface area contributed by atoms with Gasteiger partial charge in [0.15, 0.2) is 0 Å². The van der Waals surface area contributed by atoms with Gasteiger partial charge in [-0.3, -0.25) is 4.72 Å². The van der Waals surface area contributed by atoms with Crippen LogP contribution in [0.5, 0.6) is 0 Å². The predicted molar refractivity (Wildman–Crippen MR) is 120 cm³/mol. The van der Waals surface area contributed by atoms with Crippen molar-refractivity contribution in [1.29, 1.82) is 0 Å². The van der Waals surface area contributed by atoms with E-state index in [1.165, 1.54) is 46.0 Å². The summed E-state index contributed by atoms with van der Waals surface area (Å²) in [4.78, 5) is 11.4. The average Bonchev–Trinajstić information content (AvgIpc) is 3.03. The monoisotopic (exact) mass is 448 g/mol. The molecule has 0 spiro atoms. The lowest BCUT2D eigenvalue weighted by Crippen LogP contribution is -2.29. The van der Waals surface area contributed by atoms with Gasteiger partial charge in [0, 0.05) is 18.2 Å². The van der Waals surface area contributed by atoms with E-state index in [0.717, 1.165) is 17.9 Å². The Bertz CT molecular complexity index is 1020. The summed E-state index contributed by atoms with van der Waals surface area (Å²) in [5.41, 5.74) is 1.24. The van der Waals surface area contributed by atoms with Crippen LogP contribution in [-0.4, -0.2) is 25.5 Å². The first-order valence-electron chi connectivity index (χ1n) is 10.9. The maximum absolute atomic E-state index is 12.9. The van der Waals surface area contributed by atoms with Gasteiger partial charge in [-0.1, -0.05) is 50.3 Å². The molecule has 170 valence electrons. The van der Waals surface area contributed by atoms with Crippen molar-refractivity contribution in [1.82, 2.24) is 5.32 Å². The van der Waals surface area contributed by atoms with Crippen LogP contribution >= 0.6 is 0 Å². The molecule has 1 saturated carbocycles. The van der Waals surface area contributed by atoms with Gasteiger partial charge in [0.2, 0.25) is 5.09 Å². The zero-order chi connectivity index (χ0) is 22.6. The van der Waals surface area contributed by atoms with E-state index in [-0.39, 0.29) is 22.0 Å². The standard InChI is InChI=1S/C23H32N2O5S/c1-15(13-18-9-5-4-6-10-18)24-14-19-11-7-8-12-20(19)25-31(28,29)23-16(2)21(22(26)27)17(3)30-23/h7-8,11-12,15,18,24-25H,4-6,9-10,13-14H2,1-3H3,(H,26,27)/t15-/m0/s1. The first-order chi connectivity index (χ1) is 14.7. The molecular weight excluding hydrogens is 416 g/mol. The summed E-state index contributed by atoms with van der Waals surface area (Å²) in [6, 6.07) is 7.53. The fourth-order valence-electron chi connectivity index (χ4n) is 4.46. The third-order valence-corrected chi connectivity index (χ3v) is 7.42. The van der Waals surface area contributed by atoms with Crippen LogP contribution in [0.15, 0.2) is 33.8 Å². The molecule has 3 rings (SSSR count). The molecule has 3 N–H and O–H groups in total. The molecule has 0 amide bonds. The maximum atomic E-state index is 12.9. The number of carbonyl (C=O) groups is 1. The van der Waals surface area contributed by atoms with Crippen LogP contribution in [0.2, 0.25) is 0 Å². The van der Waals surface area contributed by atoms with Crippen LogP contribution in [0, 0.1) is 19.8 Å². The number of nitrogens with one attached hydrogen (secondary N) is 2. The van der Waals surface area contributed by atoms with Gasteiger partial charge in [-0.2, -0.15) is 8.42 Å². The summed E-state index contributed by atoms with van der Waals surface area (Å²) in [6.07, 6.45) is 7.69. The summed E-state index contributed by atoms with van der Waals surface area (Å²) in [7, 11) is -4.07. The van der Waals surface area contributed by atoms with Crippen molar-refractivity contribution in [2.45, 2.75) is 77.0 Å². The van der Waals surface area contributed by atoms with Crippen LogP contribution in [0.3, 0.4) is 0 Å². The molecule has 0 unspecified atom stereocenters. The van der Waals surface area contributed by atoms with Crippen molar-refractivity contribution in [2.24, 2.45) is 5.92 Å². The summed E-state index contributed by atoms with van der Waals surface area (Å²) in [5, 5.41) is 12.5. The quantitative estimate of drug-likeness (QED) is 0.506. The highest BCUT2D eigenvalue weighted by atomic mass is 32.2. The Morgan fingerprint density at radius 1 is 1.19 bits per heavy atom. The van der Waals surface area contributed by atoms with E-state index < -0.39 is 16.0 Å². The van der Waals surface area contributed by atoms with Gasteiger partial charge in [-0.05, 0) is 44.7 Å². The van der Waals surface area contributed by atoms with Crippen molar-refractivity contribution in [3.05, 3.63) is 46.7 Å². The summed E-state index contributed by atoms with van der Waals surface area (Å²) in [5.74, 6) is -0.382. The molecule has 2 aromatic rings. The Balaban J connectivity index is 1.71. The van der Waals surface area contributed by atoms with E-state index in [9.17, 15) is 18.3 Å². The number of rotatable bonds is 9. The number of sulfonamides is 1. The SMILES string of the molecule is Cc1oc(S(=O)(=O)Nc2ccccc2CN[C@@H](C)CC2CCCCC2)c(C)c1C(=O)O. The molecule has 7 nitrogen and oxygen atoms in total. The zero-order valence-corrected chi connectivity index (χ0v) is 19.2. The van der Waals surface area contributed by atoms with Crippen LogP contribution < -0.4 is 10.0 Å². The minimum Gasteiger partial charge on any atom is -0.478 e. The Kier molecular flexibility index (Phi) is 7.43.